The Balaban J connectivity index is 1.85. The number of hydrogen-bond donors (Lipinski definition) is 3. The molecule has 0 aliphatic heterocycles. The summed E-state index contributed by atoms with van der Waals surface area (Å²) in [7, 11) is 0. The monoisotopic (exact) mass is 284 g/mol. The van der Waals surface area contributed by atoms with E-state index in [1.54, 1.807) is 0 Å². The van der Waals surface area contributed by atoms with Crippen LogP contribution in [0.5, 0.6) is 0 Å². The summed E-state index contributed by atoms with van der Waals surface area (Å²) in [6.45, 7) is 0.0192. The summed E-state index contributed by atoms with van der Waals surface area (Å²) in [4.78, 5) is 4.45. The molecule has 21 heavy (non-hydrogen) atoms. The van der Waals surface area contributed by atoms with Crippen molar-refractivity contribution in [3.8, 4) is 11.5 Å². The fourth-order valence-electron chi connectivity index (χ4n) is 2.06. The van der Waals surface area contributed by atoms with E-state index in [2.05, 4.69) is 10.3 Å². The summed E-state index contributed by atoms with van der Waals surface area (Å²) >= 11 is 0. The first-order valence-electron chi connectivity index (χ1n) is 6.75. The molecule has 1 unspecified atom stereocenters. The molecule has 3 rings (SSSR count). The maximum atomic E-state index is 9.36. The molecular formula is C16H16N2O3. The first-order chi connectivity index (χ1) is 10.3. The van der Waals surface area contributed by atoms with E-state index < -0.39 is 6.10 Å². The van der Waals surface area contributed by atoms with Crippen molar-refractivity contribution < 1.29 is 14.6 Å². The molecule has 2 aromatic carbocycles. The first-order valence-corrected chi connectivity index (χ1v) is 6.75. The van der Waals surface area contributed by atoms with Gasteiger partial charge in [0.1, 0.15) is 5.52 Å². The van der Waals surface area contributed by atoms with Gasteiger partial charge in [-0.2, -0.15) is 0 Å². The Kier molecular flexibility index (Phi) is 3.85. The van der Waals surface area contributed by atoms with Gasteiger partial charge < -0.3 is 19.9 Å². The van der Waals surface area contributed by atoms with Crippen LogP contribution in [0.2, 0.25) is 0 Å². The third-order valence-electron chi connectivity index (χ3n) is 3.16. The van der Waals surface area contributed by atoms with E-state index in [4.69, 9.17) is 9.52 Å². The van der Waals surface area contributed by atoms with E-state index in [1.165, 1.54) is 0 Å². The largest absolute Gasteiger partial charge is 0.436 e. The SMILES string of the molecule is OCC(O)CNc1cccc(-c2nc3ccccc3o2)c1. The summed E-state index contributed by atoms with van der Waals surface area (Å²) in [6, 6.07) is 15.2. The van der Waals surface area contributed by atoms with Gasteiger partial charge in [-0.25, -0.2) is 4.98 Å². The Hall–Kier alpha value is -2.37. The first kappa shape index (κ1) is 13.6. The molecule has 1 aromatic heterocycles. The number of para-hydroxylation sites is 2. The van der Waals surface area contributed by atoms with E-state index in [-0.39, 0.29) is 13.2 Å². The number of aliphatic hydroxyl groups excluding tert-OH is 2. The molecule has 0 aliphatic rings. The Morgan fingerprint density at radius 2 is 2.00 bits per heavy atom. The fourth-order valence-corrected chi connectivity index (χ4v) is 2.06. The second-order valence-corrected chi connectivity index (χ2v) is 4.78. The predicted octanol–water partition coefficient (Wildman–Crippen LogP) is 2.26. The zero-order valence-corrected chi connectivity index (χ0v) is 11.4. The summed E-state index contributed by atoms with van der Waals surface area (Å²) in [5.74, 6) is 0.558. The van der Waals surface area contributed by atoms with Gasteiger partial charge in [-0.05, 0) is 30.3 Å². The average Bonchev–Trinajstić information content (AvgIpc) is 2.97. The highest BCUT2D eigenvalue weighted by atomic mass is 16.3. The molecule has 1 atom stereocenters. The van der Waals surface area contributed by atoms with Crippen molar-refractivity contribution in [2.24, 2.45) is 0 Å². The molecule has 0 amide bonds. The number of fused-ring (bicyclic) bond motifs is 1. The normalized spacial score (nSPS) is 12.5. The van der Waals surface area contributed by atoms with Crippen molar-refractivity contribution in [1.82, 2.24) is 4.98 Å². The molecule has 5 nitrogen and oxygen atoms in total. The number of anilines is 1. The Morgan fingerprint density at radius 1 is 1.14 bits per heavy atom. The lowest BCUT2D eigenvalue weighted by Crippen LogP contribution is -2.22. The molecule has 0 bridgehead atoms. The molecule has 0 saturated carbocycles. The van der Waals surface area contributed by atoms with Gasteiger partial charge in [0.25, 0.3) is 0 Å². The van der Waals surface area contributed by atoms with Gasteiger partial charge in [0, 0.05) is 17.8 Å². The standard InChI is InChI=1S/C16H16N2O3/c19-10-13(20)9-17-12-5-3-4-11(8-12)16-18-14-6-1-2-7-15(14)21-16/h1-8,13,17,19-20H,9-10H2. The van der Waals surface area contributed by atoms with E-state index in [1.807, 2.05) is 48.5 Å². The summed E-state index contributed by atoms with van der Waals surface area (Å²) in [5.41, 5.74) is 3.26. The van der Waals surface area contributed by atoms with Crippen LogP contribution in [0.4, 0.5) is 5.69 Å². The molecule has 0 radical (unpaired) electrons. The minimum atomic E-state index is -0.780. The van der Waals surface area contributed by atoms with Crippen molar-refractivity contribution in [3.05, 3.63) is 48.5 Å². The van der Waals surface area contributed by atoms with E-state index >= 15 is 0 Å². The van der Waals surface area contributed by atoms with Gasteiger partial charge in [0.15, 0.2) is 5.58 Å². The molecule has 0 fully saturated rings. The van der Waals surface area contributed by atoms with Gasteiger partial charge in [-0.3, -0.25) is 0 Å². The van der Waals surface area contributed by atoms with E-state index in [9.17, 15) is 5.11 Å². The quantitative estimate of drug-likeness (QED) is 0.670. The van der Waals surface area contributed by atoms with Crippen molar-refractivity contribution in [2.45, 2.75) is 6.10 Å². The number of rotatable bonds is 5. The van der Waals surface area contributed by atoms with Crippen LogP contribution in [-0.2, 0) is 0 Å². The van der Waals surface area contributed by atoms with Gasteiger partial charge in [-0.15, -0.1) is 0 Å². The zero-order valence-electron chi connectivity index (χ0n) is 11.4. The van der Waals surface area contributed by atoms with Gasteiger partial charge in [0.2, 0.25) is 5.89 Å². The van der Waals surface area contributed by atoms with Crippen LogP contribution >= 0.6 is 0 Å². The average molecular weight is 284 g/mol. The number of nitrogens with one attached hydrogen (secondary N) is 1. The summed E-state index contributed by atoms with van der Waals surface area (Å²) < 4.78 is 5.73. The van der Waals surface area contributed by atoms with Crippen LogP contribution in [0.25, 0.3) is 22.6 Å². The maximum Gasteiger partial charge on any atom is 0.227 e. The Bertz CT molecular complexity index is 706. The molecule has 5 heteroatoms. The summed E-state index contributed by atoms with van der Waals surface area (Å²) in [5, 5.41) is 21.2. The van der Waals surface area contributed by atoms with Crippen LogP contribution in [0.1, 0.15) is 0 Å². The van der Waals surface area contributed by atoms with Crippen LogP contribution in [0, 0.1) is 0 Å². The number of aliphatic hydroxyl groups is 2. The number of aromatic nitrogens is 1. The molecule has 3 N–H and O–H groups in total. The molecule has 0 saturated heterocycles. The Labute approximate surface area is 121 Å². The third kappa shape index (κ3) is 3.04. The lowest BCUT2D eigenvalue weighted by Gasteiger charge is -2.10. The van der Waals surface area contributed by atoms with Crippen LogP contribution in [0.15, 0.2) is 52.9 Å². The highest BCUT2D eigenvalue weighted by Crippen LogP contribution is 2.25. The van der Waals surface area contributed by atoms with Crippen molar-refractivity contribution in [3.63, 3.8) is 0 Å². The highest BCUT2D eigenvalue weighted by molar-refractivity contribution is 5.76. The van der Waals surface area contributed by atoms with Crippen molar-refractivity contribution >= 4 is 16.8 Å². The molecule has 3 aromatic rings. The molecule has 108 valence electrons. The number of oxazole rings is 1. The van der Waals surface area contributed by atoms with Crippen LogP contribution in [-0.4, -0.2) is 34.5 Å². The lowest BCUT2D eigenvalue weighted by molar-refractivity contribution is 0.105. The van der Waals surface area contributed by atoms with Gasteiger partial charge >= 0.3 is 0 Å². The smallest absolute Gasteiger partial charge is 0.227 e. The second kappa shape index (κ2) is 5.95. The predicted molar refractivity (Wildman–Crippen MR) is 81.0 cm³/mol. The summed E-state index contributed by atoms with van der Waals surface area (Å²) in [6.07, 6.45) is -0.780. The lowest BCUT2D eigenvalue weighted by atomic mass is 10.2. The van der Waals surface area contributed by atoms with Crippen molar-refractivity contribution in [2.75, 3.05) is 18.5 Å². The van der Waals surface area contributed by atoms with Crippen LogP contribution < -0.4 is 5.32 Å². The minimum absolute atomic E-state index is 0.266. The van der Waals surface area contributed by atoms with Crippen molar-refractivity contribution in [1.29, 1.82) is 0 Å². The highest BCUT2D eigenvalue weighted by Gasteiger charge is 2.08. The van der Waals surface area contributed by atoms with E-state index in [0.29, 0.717) is 5.89 Å². The number of hydrogen-bond acceptors (Lipinski definition) is 5. The van der Waals surface area contributed by atoms with Crippen LogP contribution in [0.3, 0.4) is 0 Å². The third-order valence-corrected chi connectivity index (χ3v) is 3.16. The second-order valence-electron chi connectivity index (χ2n) is 4.78. The van der Waals surface area contributed by atoms with Gasteiger partial charge in [0.05, 0.1) is 12.7 Å². The Morgan fingerprint density at radius 3 is 2.81 bits per heavy atom. The molecular weight excluding hydrogens is 268 g/mol. The molecule has 1 heterocycles. The maximum absolute atomic E-state index is 9.36. The zero-order chi connectivity index (χ0) is 14.7. The number of benzene rings is 2. The fraction of sp³-hybridized carbons (Fsp3) is 0.188. The van der Waals surface area contributed by atoms with Gasteiger partial charge in [-0.1, -0.05) is 18.2 Å². The molecule has 0 spiro atoms. The molecule has 0 aliphatic carbocycles. The number of nitrogens with zero attached hydrogens (tertiary/aromatic N) is 1. The minimum Gasteiger partial charge on any atom is -0.436 e. The topological polar surface area (TPSA) is 78.5 Å². The van der Waals surface area contributed by atoms with E-state index in [0.717, 1.165) is 22.4 Å².